The van der Waals surface area contributed by atoms with E-state index < -0.39 is 24.5 Å². The summed E-state index contributed by atoms with van der Waals surface area (Å²) in [4.78, 5) is 5.21. The third-order valence-corrected chi connectivity index (χ3v) is 4.31. The number of rotatable bonds is 5. The first-order valence-electron chi connectivity index (χ1n) is 8.52. The lowest BCUT2D eigenvalue weighted by Crippen LogP contribution is -2.45. The van der Waals surface area contributed by atoms with Gasteiger partial charge in [-0.2, -0.15) is 26.3 Å². The number of benzene rings is 1. The number of hydrogen-bond donors (Lipinski definition) is 2. The van der Waals surface area contributed by atoms with Crippen LogP contribution in [0.3, 0.4) is 0 Å². The fourth-order valence-electron chi connectivity index (χ4n) is 3.02. The van der Waals surface area contributed by atoms with Crippen LogP contribution in [0.4, 0.5) is 26.3 Å². The van der Waals surface area contributed by atoms with Gasteiger partial charge in [-0.3, -0.25) is 9.89 Å². The van der Waals surface area contributed by atoms with Crippen LogP contribution in [-0.4, -0.2) is 56.9 Å². The molecule has 1 heterocycles. The van der Waals surface area contributed by atoms with E-state index in [2.05, 4.69) is 15.6 Å². The molecule has 0 bridgehead atoms. The van der Waals surface area contributed by atoms with Gasteiger partial charge in [0.25, 0.3) is 0 Å². The molecule has 2 rings (SSSR count). The Morgan fingerprint density at radius 2 is 1.96 bits per heavy atom. The Morgan fingerprint density at radius 1 is 1.25 bits per heavy atom. The van der Waals surface area contributed by atoms with Crippen LogP contribution in [0.1, 0.15) is 17.5 Å². The Bertz CT molecular complexity index is 689. The van der Waals surface area contributed by atoms with Gasteiger partial charge in [0.15, 0.2) is 5.96 Å². The van der Waals surface area contributed by atoms with Crippen molar-refractivity contribution >= 4 is 5.96 Å². The zero-order valence-corrected chi connectivity index (χ0v) is 15.4. The second kappa shape index (κ2) is 8.89. The van der Waals surface area contributed by atoms with Crippen LogP contribution in [0, 0.1) is 0 Å². The van der Waals surface area contributed by atoms with Gasteiger partial charge in [0.1, 0.15) is 5.75 Å². The van der Waals surface area contributed by atoms with Crippen molar-refractivity contribution in [3.05, 3.63) is 29.3 Å². The summed E-state index contributed by atoms with van der Waals surface area (Å²) >= 11 is 0. The van der Waals surface area contributed by atoms with E-state index in [0.717, 1.165) is 6.07 Å². The molecule has 0 saturated carbocycles. The normalized spacial score (nSPS) is 19.0. The molecule has 0 amide bonds. The lowest BCUT2D eigenvalue weighted by Gasteiger charge is -2.20. The summed E-state index contributed by atoms with van der Waals surface area (Å²) in [7, 11) is 2.72. The molecule has 1 aliphatic heterocycles. The van der Waals surface area contributed by atoms with E-state index in [-0.39, 0.29) is 42.9 Å². The Hall–Kier alpha value is -2.17. The molecule has 1 aromatic carbocycles. The highest BCUT2D eigenvalue weighted by Crippen LogP contribution is 2.34. The predicted octanol–water partition coefficient (Wildman–Crippen LogP) is 3.02. The predicted molar refractivity (Wildman–Crippen MR) is 92.2 cm³/mol. The van der Waals surface area contributed by atoms with E-state index in [1.54, 1.807) is 0 Å². The molecule has 11 heteroatoms. The summed E-state index contributed by atoms with van der Waals surface area (Å²) in [6, 6.07) is 3.38. The lowest BCUT2D eigenvalue weighted by atomic mass is 10.1. The van der Waals surface area contributed by atoms with Crippen molar-refractivity contribution in [2.75, 3.05) is 33.8 Å². The largest absolute Gasteiger partial charge is 0.497 e. The van der Waals surface area contributed by atoms with Crippen molar-refractivity contribution < 1.29 is 31.1 Å². The summed E-state index contributed by atoms with van der Waals surface area (Å²) in [5, 5.41) is 5.74. The number of ether oxygens (including phenoxy) is 1. The molecule has 0 radical (unpaired) electrons. The van der Waals surface area contributed by atoms with Gasteiger partial charge in [-0.25, -0.2) is 0 Å². The van der Waals surface area contributed by atoms with Gasteiger partial charge in [-0.1, -0.05) is 6.07 Å². The van der Waals surface area contributed by atoms with Gasteiger partial charge in [-0.15, -0.1) is 0 Å². The van der Waals surface area contributed by atoms with Gasteiger partial charge in [-0.05, 0) is 24.1 Å². The van der Waals surface area contributed by atoms with Crippen molar-refractivity contribution in [2.24, 2.45) is 4.99 Å². The first kappa shape index (κ1) is 22.1. The van der Waals surface area contributed by atoms with Crippen molar-refractivity contribution in [2.45, 2.75) is 31.4 Å². The quantitative estimate of drug-likeness (QED) is 0.444. The molecule has 1 saturated heterocycles. The van der Waals surface area contributed by atoms with Crippen LogP contribution in [0.25, 0.3) is 0 Å². The second-order valence-corrected chi connectivity index (χ2v) is 6.43. The maximum Gasteiger partial charge on any atom is 0.416 e. The molecular weight excluding hydrogens is 390 g/mol. The first-order chi connectivity index (χ1) is 13.0. The fraction of sp³-hybridized carbons (Fsp3) is 0.588. The smallest absolute Gasteiger partial charge is 0.416 e. The molecule has 0 aliphatic carbocycles. The highest BCUT2D eigenvalue weighted by molar-refractivity contribution is 5.80. The minimum Gasteiger partial charge on any atom is -0.497 e. The summed E-state index contributed by atoms with van der Waals surface area (Å²) in [6.45, 7) is -0.684. The van der Waals surface area contributed by atoms with Gasteiger partial charge in [0.05, 0.1) is 19.2 Å². The van der Waals surface area contributed by atoms with E-state index in [1.165, 1.54) is 31.2 Å². The minimum absolute atomic E-state index is 0.00127. The number of nitrogens with zero attached hydrogens (tertiary/aromatic N) is 2. The summed E-state index contributed by atoms with van der Waals surface area (Å²) in [6.07, 6.45) is -8.34. The molecule has 1 aliphatic rings. The molecule has 1 fully saturated rings. The molecule has 1 aromatic rings. The van der Waals surface area contributed by atoms with Gasteiger partial charge >= 0.3 is 12.4 Å². The van der Waals surface area contributed by atoms with Crippen LogP contribution >= 0.6 is 0 Å². The standard InChI is InChI=1S/C17H22F6N4O/c1-24-15(26-12-5-6-27(9-12)10-16(18,19)20)25-8-11-3-4-13(28-2)7-14(11)17(21,22)23/h3-4,7,12H,5-6,8-10H2,1-2H3,(H2,24,25,26). The van der Waals surface area contributed by atoms with E-state index in [9.17, 15) is 26.3 Å². The van der Waals surface area contributed by atoms with Crippen LogP contribution < -0.4 is 15.4 Å². The average Bonchev–Trinajstić information content (AvgIpc) is 3.02. The molecular formula is C17H22F6N4O. The second-order valence-electron chi connectivity index (χ2n) is 6.43. The van der Waals surface area contributed by atoms with Gasteiger partial charge < -0.3 is 15.4 Å². The minimum atomic E-state index is -4.55. The van der Waals surface area contributed by atoms with Crippen molar-refractivity contribution in [1.82, 2.24) is 15.5 Å². The number of hydrogen-bond acceptors (Lipinski definition) is 3. The number of guanidine groups is 1. The highest BCUT2D eigenvalue weighted by Gasteiger charge is 2.35. The number of halogens is 6. The summed E-state index contributed by atoms with van der Waals surface area (Å²) < 4.78 is 82.0. The maximum absolute atomic E-state index is 13.3. The number of methoxy groups -OCH3 is 1. The van der Waals surface area contributed by atoms with E-state index >= 15 is 0 Å². The van der Waals surface area contributed by atoms with Crippen LogP contribution in [0.15, 0.2) is 23.2 Å². The molecule has 5 nitrogen and oxygen atoms in total. The van der Waals surface area contributed by atoms with Crippen molar-refractivity contribution in [1.29, 1.82) is 0 Å². The number of alkyl halides is 6. The third kappa shape index (κ3) is 6.47. The average molecular weight is 412 g/mol. The fourth-order valence-corrected chi connectivity index (χ4v) is 3.02. The zero-order chi connectivity index (χ0) is 20.9. The van der Waals surface area contributed by atoms with Gasteiger partial charge in [0.2, 0.25) is 0 Å². The molecule has 2 N–H and O–H groups in total. The van der Waals surface area contributed by atoms with Crippen LogP contribution in [-0.2, 0) is 12.7 Å². The van der Waals surface area contributed by atoms with Crippen LogP contribution in [0.5, 0.6) is 5.75 Å². The Balaban J connectivity index is 1.96. The SMILES string of the molecule is CN=C(NCc1ccc(OC)cc1C(F)(F)F)NC1CCN(CC(F)(F)F)C1. The monoisotopic (exact) mass is 412 g/mol. The molecule has 1 atom stereocenters. The number of likely N-dealkylation sites (tertiary alicyclic amines) is 1. The van der Waals surface area contributed by atoms with Crippen LogP contribution in [0.2, 0.25) is 0 Å². The summed E-state index contributed by atoms with van der Waals surface area (Å²) in [5.41, 5.74) is -0.826. The van der Waals surface area contributed by atoms with Crippen molar-refractivity contribution in [3.8, 4) is 5.75 Å². The number of nitrogens with one attached hydrogen (secondary N) is 2. The van der Waals surface area contributed by atoms with E-state index in [4.69, 9.17) is 4.74 Å². The molecule has 28 heavy (non-hydrogen) atoms. The van der Waals surface area contributed by atoms with E-state index in [0.29, 0.717) is 6.42 Å². The highest BCUT2D eigenvalue weighted by atomic mass is 19.4. The Labute approximate surface area is 158 Å². The molecule has 158 valence electrons. The third-order valence-electron chi connectivity index (χ3n) is 4.31. The molecule has 0 spiro atoms. The van der Waals surface area contributed by atoms with Gasteiger partial charge in [0, 0.05) is 32.7 Å². The number of aliphatic imine (C=N–C) groups is 1. The Kier molecular flexibility index (Phi) is 7.02. The van der Waals surface area contributed by atoms with Crippen molar-refractivity contribution in [3.63, 3.8) is 0 Å². The lowest BCUT2D eigenvalue weighted by molar-refractivity contribution is -0.143. The maximum atomic E-state index is 13.3. The van der Waals surface area contributed by atoms with E-state index in [1.807, 2.05) is 0 Å². The molecule has 1 unspecified atom stereocenters. The first-order valence-corrected chi connectivity index (χ1v) is 8.52. The topological polar surface area (TPSA) is 48.9 Å². The zero-order valence-electron chi connectivity index (χ0n) is 15.4. The Morgan fingerprint density at radius 3 is 2.54 bits per heavy atom. The summed E-state index contributed by atoms with van der Waals surface area (Å²) in [5.74, 6) is 0.317. The molecule has 0 aromatic heterocycles.